The number of ether oxygens (including phenoxy) is 1. The van der Waals surface area contributed by atoms with Crippen molar-refractivity contribution in [3.63, 3.8) is 0 Å². The van der Waals surface area contributed by atoms with E-state index in [1.807, 2.05) is 16.9 Å². The first-order valence-corrected chi connectivity index (χ1v) is 5.81. The van der Waals surface area contributed by atoms with Gasteiger partial charge in [-0.15, -0.1) is 0 Å². The lowest BCUT2D eigenvalue weighted by Crippen LogP contribution is -2.26. The minimum absolute atomic E-state index is 0.784. The molecule has 0 radical (unpaired) electrons. The first-order chi connectivity index (χ1) is 7.93. The van der Waals surface area contributed by atoms with Crippen molar-refractivity contribution < 1.29 is 4.74 Å². The predicted octanol–water partition coefficient (Wildman–Crippen LogP) is 0.0988. The van der Waals surface area contributed by atoms with Crippen LogP contribution in [0.1, 0.15) is 6.42 Å². The van der Waals surface area contributed by atoms with Crippen LogP contribution in [0, 0.1) is 0 Å². The van der Waals surface area contributed by atoms with Crippen molar-refractivity contribution in [2.24, 2.45) is 0 Å². The maximum absolute atomic E-state index is 4.94. The number of hydrogen-bond acceptors (Lipinski definition) is 4. The third kappa shape index (κ3) is 6.55. The second-order valence-corrected chi connectivity index (χ2v) is 3.62. The minimum Gasteiger partial charge on any atom is -0.383 e. The molecule has 0 saturated heterocycles. The van der Waals surface area contributed by atoms with Gasteiger partial charge in [-0.1, -0.05) is 0 Å². The van der Waals surface area contributed by atoms with E-state index in [0.717, 1.165) is 45.8 Å². The van der Waals surface area contributed by atoms with Crippen LogP contribution in [0.2, 0.25) is 0 Å². The zero-order valence-electron chi connectivity index (χ0n) is 9.98. The molecule has 5 nitrogen and oxygen atoms in total. The molecule has 1 aromatic rings. The Morgan fingerprint density at radius 3 is 2.69 bits per heavy atom. The van der Waals surface area contributed by atoms with Crippen LogP contribution in [-0.2, 0) is 11.3 Å². The summed E-state index contributed by atoms with van der Waals surface area (Å²) in [6.07, 6.45) is 4.93. The molecule has 0 bridgehead atoms. The molecule has 1 heterocycles. The molecule has 0 saturated carbocycles. The van der Waals surface area contributed by atoms with E-state index in [1.165, 1.54) is 0 Å². The fraction of sp³-hybridized carbons (Fsp3) is 0.727. The lowest BCUT2D eigenvalue weighted by molar-refractivity contribution is 0.199. The van der Waals surface area contributed by atoms with Gasteiger partial charge in [-0.05, 0) is 25.6 Å². The molecule has 0 spiro atoms. The highest BCUT2D eigenvalue weighted by Crippen LogP contribution is 1.82. The first-order valence-electron chi connectivity index (χ1n) is 5.81. The van der Waals surface area contributed by atoms with Gasteiger partial charge in [0.05, 0.1) is 13.2 Å². The van der Waals surface area contributed by atoms with E-state index in [1.54, 1.807) is 13.3 Å². The van der Waals surface area contributed by atoms with Gasteiger partial charge in [0.25, 0.3) is 0 Å². The van der Waals surface area contributed by atoms with E-state index < -0.39 is 0 Å². The van der Waals surface area contributed by atoms with Crippen LogP contribution in [0.5, 0.6) is 0 Å². The van der Waals surface area contributed by atoms with Crippen LogP contribution in [0.25, 0.3) is 0 Å². The molecular formula is C11H22N4O. The summed E-state index contributed by atoms with van der Waals surface area (Å²) in [4.78, 5) is 0. The van der Waals surface area contributed by atoms with Crippen molar-refractivity contribution in [3.05, 3.63) is 18.5 Å². The van der Waals surface area contributed by atoms with E-state index in [-0.39, 0.29) is 0 Å². The van der Waals surface area contributed by atoms with E-state index in [4.69, 9.17) is 4.74 Å². The molecule has 0 aliphatic heterocycles. The highest BCUT2D eigenvalue weighted by Gasteiger charge is 1.91. The van der Waals surface area contributed by atoms with E-state index >= 15 is 0 Å². The van der Waals surface area contributed by atoms with Crippen LogP contribution >= 0.6 is 0 Å². The Labute approximate surface area is 97.2 Å². The zero-order valence-corrected chi connectivity index (χ0v) is 9.98. The van der Waals surface area contributed by atoms with E-state index in [2.05, 4.69) is 15.7 Å². The normalized spacial score (nSPS) is 10.8. The van der Waals surface area contributed by atoms with E-state index in [9.17, 15) is 0 Å². The van der Waals surface area contributed by atoms with Gasteiger partial charge in [0.15, 0.2) is 0 Å². The lowest BCUT2D eigenvalue weighted by atomic mass is 10.4. The highest BCUT2D eigenvalue weighted by atomic mass is 16.5. The number of aromatic nitrogens is 2. The number of nitrogens with zero attached hydrogens (tertiary/aromatic N) is 2. The Kier molecular flexibility index (Phi) is 7.67. The summed E-state index contributed by atoms with van der Waals surface area (Å²) in [7, 11) is 1.72. The topological polar surface area (TPSA) is 51.1 Å². The molecule has 92 valence electrons. The quantitative estimate of drug-likeness (QED) is 0.556. The molecule has 0 fully saturated rings. The lowest BCUT2D eigenvalue weighted by Gasteiger charge is -2.06. The summed E-state index contributed by atoms with van der Waals surface area (Å²) in [5.74, 6) is 0. The van der Waals surface area contributed by atoms with Gasteiger partial charge in [0, 0.05) is 32.6 Å². The molecular weight excluding hydrogens is 204 g/mol. The Bertz CT molecular complexity index is 238. The van der Waals surface area contributed by atoms with Gasteiger partial charge < -0.3 is 15.4 Å². The third-order valence-corrected chi connectivity index (χ3v) is 2.27. The van der Waals surface area contributed by atoms with Crippen molar-refractivity contribution >= 4 is 0 Å². The predicted molar refractivity (Wildman–Crippen MR) is 64.5 cm³/mol. The molecule has 1 rings (SSSR count). The average Bonchev–Trinajstić information content (AvgIpc) is 2.80. The van der Waals surface area contributed by atoms with Crippen LogP contribution in [-0.4, -0.2) is 49.7 Å². The molecule has 2 N–H and O–H groups in total. The van der Waals surface area contributed by atoms with Crippen molar-refractivity contribution in [2.75, 3.05) is 39.9 Å². The highest BCUT2D eigenvalue weighted by molar-refractivity contribution is 4.77. The molecule has 0 aromatic carbocycles. The van der Waals surface area contributed by atoms with Gasteiger partial charge >= 0.3 is 0 Å². The Morgan fingerprint density at radius 2 is 2.00 bits per heavy atom. The fourth-order valence-electron chi connectivity index (χ4n) is 1.39. The van der Waals surface area contributed by atoms with Crippen molar-refractivity contribution in [2.45, 2.75) is 13.0 Å². The van der Waals surface area contributed by atoms with Crippen molar-refractivity contribution in [1.29, 1.82) is 0 Å². The molecule has 1 aromatic heterocycles. The van der Waals surface area contributed by atoms with Crippen LogP contribution in [0.4, 0.5) is 0 Å². The summed E-state index contributed by atoms with van der Waals surface area (Å²) in [6.45, 7) is 5.71. The largest absolute Gasteiger partial charge is 0.383 e. The zero-order chi connectivity index (χ0) is 11.5. The van der Waals surface area contributed by atoms with Crippen LogP contribution in [0.15, 0.2) is 18.5 Å². The number of hydrogen-bond donors (Lipinski definition) is 2. The third-order valence-electron chi connectivity index (χ3n) is 2.27. The van der Waals surface area contributed by atoms with Gasteiger partial charge in [-0.25, -0.2) is 0 Å². The summed E-state index contributed by atoms with van der Waals surface area (Å²) in [6, 6.07) is 1.94. The van der Waals surface area contributed by atoms with Crippen molar-refractivity contribution in [1.82, 2.24) is 20.4 Å². The van der Waals surface area contributed by atoms with Crippen molar-refractivity contribution in [3.8, 4) is 0 Å². The molecule has 0 aliphatic carbocycles. The minimum atomic E-state index is 0.784. The Morgan fingerprint density at radius 1 is 1.19 bits per heavy atom. The van der Waals surface area contributed by atoms with Gasteiger partial charge in [0.1, 0.15) is 0 Å². The van der Waals surface area contributed by atoms with Gasteiger partial charge in [-0.2, -0.15) is 5.10 Å². The van der Waals surface area contributed by atoms with Crippen LogP contribution < -0.4 is 10.6 Å². The SMILES string of the molecule is COCCNCCCNCCn1cccn1. The molecule has 0 atom stereocenters. The molecule has 0 amide bonds. The van der Waals surface area contributed by atoms with Gasteiger partial charge in [-0.3, -0.25) is 4.68 Å². The fourth-order valence-corrected chi connectivity index (χ4v) is 1.39. The monoisotopic (exact) mass is 226 g/mol. The maximum Gasteiger partial charge on any atom is 0.0587 e. The molecule has 0 unspecified atom stereocenters. The average molecular weight is 226 g/mol. The number of rotatable bonds is 10. The maximum atomic E-state index is 4.94. The molecule has 5 heteroatoms. The molecule has 16 heavy (non-hydrogen) atoms. The smallest absolute Gasteiger partial charge is 0.0587 e. The number of nitrogens with one attached hydrogen (secondary N) is 2. The second kappa shape index (κ2) is 9.33. The summed E-state index contributed by atoms with van der Waals surface area (Å²) in [5.41, 5.74) is 0. The Hall–Kier alpha value is -0.910. The summed E-state index contributed by atoms with van der Waals surface area (Å²) >= 11 is 0. The second-order valence-electron chi connectivity index (χ2n) is 3.62. The van der Waals surface area contributed by atoms with Gasteiger partial charge in [0.2, 0.25) is 0 Å². The summed E-state index contributed by atoms with van der Waals surface area (Å²) < 4.78 is 6.87. The standard InChI is InChI=1S/C11H22N4O/c1-16-11-8-13-5-2-4-12-7-10-15-9-3-6-14-15/h3,6,9,12-13H,2,4-5,7-8,10-11H2,1H3. The summed E-state index contributed by atoms with van der Waals surface area (Å²) in [5, 5.41) is 10.8. The Balaban J connectivity index is 1.78. The first kappa shape index (κ1) is 13.2. The number of methoxy groups -OCH3 is 1. The molecule has 0 aliphatic rings. The van der Waals surface area contributed by atoms with E-state index in [0.29, 0.717) is 0 Å². The van der Waals surface area contributed by atoms with Crippen LogP contribution in [0.3, 0.4) is 0 Å².